The minimum Gasteiger partial charge on any atom is -0.456 e. The van der Waals surface area contributed by atoms with E-state index in [1.807, 2.05) is 35.2 Å². The van der Waals surface area contributed by atoms with Crippen LogP contribution < -0.4 is 0 Å². The van der Waals surface area contributed by atoms with Gasteiger partial charge in [0.1, 0.15) is 15.8 Å². The number of carbonyl (C=O) groups excluding carboxylic acids is 1. The van der Waals surface area contributed by atoms with E-state index in [1.165, 1.54) is 95.6 Å². The van der Waals surface area contributed by atoms with E-state index in [2.05, 4.69) is 11.0 Å². The van der Waals surface area contributed by atoms with Gasteiger partial charge in [-0.25, -0.2) is 0 Å². The Morgan fingerprint density at radius 2 is 1.73 bits per heavy atom. The van der Waals surface area contributed by atoms with Crippen molar-refractivity contribution in [2.75, 3.05) is 19.6 Å². The fourth-order valence-corrected chi connectivity index (χ4v) is 10.2. The topological polar surface area (TPSA) is 36.7 Å². The average Bonchev–Trinajstić information content (AvgIpc) is 3.48. The maximum absolute atomic E-state index is 13.9. The van der Waals surface area contributed by atoms with Gasteiger partial charge >= 0.3 is 0 Å². The van der Waals surface area contributed by atoms with E-state index in [4.69, 9.17) is 28.2 Å². The van der Waals surface area contributed by atoms with E-state index >= 15 is 0 Å². The Bertz CT molecular complexity index is 1300. The van der Waals surface area contributed by atoms with Gasteiger partial charge in [0.2, 0.25) is 0 Å². The SMILES string of the molecule is O=C1/C(=C/c2oc(-c3cccc(Cl)c3)cc2CCCCCN2CCCCC2)SC(=S)N1C1C2CC3CC(C2)CC1C3. The summed E-state index contributed by atoms with van der Waals surface area (Å²) < 4.78 is 7.19. The number of benzene rings is 1. The highest BCUT2D eigenvalue weighted by molar-refractivity contribution is 8.26. The minimum absolute atomic E-state index is 0.0886. The van der Waals surface area contributed by atoms with Crippen molar-refractivity contribution in [1.29, 1.82) is 0 Å². The third-order valence-corrected chi connectivity index (χ3v) is 11.9. The number of halogens is 1. The first-order valence-corrected chi connectivity index (χ1v) is 17.5. The number of furan rings is 1. The van der Waals surface area contributed by atoms with Crippen LogP contribution in [0.3, 0.4) is 0 Å². The number of unbranched alkanes of at least 4 members (excludes halogenated alkanes) is 2. The Morgan fingerprint density at radius 1 is 0.976 bits per heavy atom. The van der Waals surface area contributed by atoms with Gasteiger partial charge in [-0.3, -0.25) is 9.69 Å². The van der Waals surface area contributed by atoms with Crippen LogP contribution in [0.5, 0.6) is 0 Å². The molecule has 41 heavy (non-hydrogen) atoms. The predicted molar refractivity (Wildman–Crippen MR) is 173 cm³/mol. The summed E-state index contributed by atoms with van der Waals surface area (Å²) >= 11 is 13.6. The molecule has 1 aromatic carbocycles. The molecule has 3 heterocycles. The first kappa shape index (κ1) is 28.2. The number of thiocarbonyl (C=S) groups is 1. The summed E-state index contributed by atoms with van der Waals surface area (Å²) in [6.07, 6.45) is 17.0. The van der Waals surface area contributed by atoms with Gasteiger partial charge in [0.25, 0.3) is 5.91 Å². The summed E-state index contributed by atoms with van der Waals surface area (Å²) in [5.74, 6) is 4.67. The number of thioether (sulfide) groups is 1. The number of hydrogen-bond donors (Lipinski definition) is 0. The average molecular weight is 609 g/mol. The van der Waals surface area contributed by atoms with E-state index in [0.717, 1.165) is 51.6 Å². The number of hydrogen-bond acceptors (Lipinski definition) is 5. The van der Waals surface area contributed by atoms with Crippen molar-refractivity contribution in [3.05, 3.63) is 51.6 Å². The van der Waals surface area contributed by atoms with E-state index in [9.17, 15) is 4.79 Å². The van der Waals surface area contributed by atoms with Gasteiger partial charge in [0.15, 0.2) is 0 Å². The molecule has 7 heteroatoms. The van der Waals surface area contributed by atoms with Gasteiger partial charge in [0, 0.05) is 22.7 Å². The molecule has 0 unspecified atom stereocenters. The molecular weight excluding hydrogens is 568 g/mol. The fraction of sp³-hybridized carbons (Fsp3) is 0.588. The molecule has 4 nitrogen and oxygen atoms in total. The van der Waals surface area contributed by atoms with E-state index in [0.29, 0.717) is 27.8 Å². The van der Waals surface area contributed by atoms with Crippen LogP contribution in [0.25, 0.3) is 17.4 Å². The van der Waals surface area contributed by atoms with Crippen molar-refractivity contribution >= 4 is 51.9 Å². The molecule has 4 bridgehead atoms. The lowest BCUT2D eigenvalue weighted by Crippen LogP contribution is -2.57. The first-order chi connectivity index (χ1) is 20.0. The first-order valence-electron chi connectivity index (χ1n) is 15.9. The monoisotopic (exact) mass is 608 g/mol. The summed E-state index contributed by atoms with van der Waals surface area (Å²) in [6, 6.07) is 10.3. The van der Waals surface area contributed by atoms with Gasteiger partial charge in [-0.2, -0.15) is 0 Å². The lowest BCUT2D eigenvalue weighted by Gasteiger charge is -2.56. The zero-order valence-electron chi connectivity index (χ0n) is 23.9. The summed E-state index contributed by atoms with van der Waals surface area (Å²) in [5.41, 5.74) is 2.13. The van der Waals surface area contributed by atoms with E-state index in [-0.39, 0.29) is 5.91 Å². The predicted octanol–water partition coefficient (Wildman–Crippen LogP) is 8.82. The maximum atomic E-state index is 13.9. The zero-order chi connectivity index (χ0) is 27.9. The molecule has 1 aromatic heterocycles. The normalized spacial score (nSPS) is 30.7. The molecule has 0 spiro atoms. The van der Waals surface area contributed by atoms with E-state index < -0.39 is 0 Å². The molecule has 0 N–H and O–H groups in total. The van der Waals surface area contributed by atoms with Gasteiger partial charge in [-0.1, -0.05) is 60.6 Å². The van der Waals surface area contributed by atoms with Crippen molar-refractivity contribution in [3.8, 4) is 11.3 Å². The van der Waals surface area contributed by atoms with Crippen molar-refractivity contribution in [2.45, 2.75) is 83.1 Å². The van der Waals surface area contributed by atoms with Crippen LogP contribution in [0.15, 0.2) is 39.7 Å². The van der Waals surface area contributed by atoms with E-state index in [1.54, 1.807) is 0 Å². The highest BCUT2D eigenvalue weighted by Crippen LogP contribution is 2.56. The number of piperidine rings is 1. The second kappa shape index (κ2) is 12.2. The number of carbonyl (C=O) groups is 1. The highest BCUT2D eigenvalue weighted by Gasteiger charge is 2.53. The van der Waals surface area contributed by atoms with Gasteiger partial charge in [-0.05, 0) is 131 Å². The minimum atomic E-state index is 0.0886. The quantitative estimate of drug-likeness (QED) is 0.161. The Morgan fingerprint density at radius 3 is 2.46 bits per heavy atom. The summed E-state index contributed by atoms with van der Waals surface area (Å²) in [4.78, 5) is 19.3. The van der Waals surface area contributed by atoms with Crippen LogP contribution in [0.4, 0.5) is 0 Å². The van der Waals surface area contributed by atoms with Gasteiger partial charge < -0.3 is 9.32 Å². The molecule has 1 amide bonds. The molecule has 8 rings (SSSR count). The molecule has 2 aromatic rings. The Labute approximate surface area is 259 Å². The second-order valence-corrected chi connectivity index (χ2v) is 15.3. The van der Waals surface area contributed by atoms with Crippen LogP contribution in [0.1, 0.15) is 82.0 Å². The number of amides is 1. The molecule has 6 aliphatic rings. The lowest BCUT2D eigenvalue weighted by molar-refractivity contribution is -0.130. The summed E-state index contributed by atoms with van der Waals surface area (Å²) in [7, 11) is 0. The Balaban J connectivity index is 1.09. The molecule has 4 aliphatic carbocycles. The van der Waals surface area contributed by atoms with Crippen LogP contribution in [0.2, 0.25) is 5.02 Å². The summed E-state index contributed by atoms with van der Waals surface area (Å²) in [6.45, 7) is 3.73. The highest BCUT2D eigenvalue weighted by atomic mass is 35.5. The lowest BCUT2D eigenvalue weighted by atomic mass is 9.54. The second-order valence-electron chi connectivity index (χ2n) is 13.2. The largest absolute Gasteiger partial charge is 0.456 e. The Hall–Kier alpha value is -1.60. The van der Waals surface area contributed by atoms with Gasteiger partial charge in [0.05, 0.1) is 4.91 Å². The third kappa shape index (κ3) is 5.96. The number of likely N-dealkylation sites (tertiary alicyclic amines) is 1. The van der Waals surface area contributed by atoms with Gasteiger partial charge in [-0.15, -0.1) is 0 Å². The molecule has 4 saturated carbocycles. The van der Waals surface area contributed by atoms with Crippen LogP contribution in [0, 0.1) is 23.7 Å². The smallest absolute Gasteiger partial charge is 0.266 e. The third-order valence-electron chi connectivity index (χ3n) is 10.4. The van der Waals surface area contributed by atoms with Crippen molar-refractivity contribution in [3.63, 3.8) is 0 Å². The molecule has 2 aliphatic heterocycles. The maximum Gasteiger partial charge on any atom is 0.266 e. The number of nitrogens with zero attached hydrogens (tertiary/aromatic N) is 2. The Kier molecular flexibility index (Phi) is 8.38. The zero-order valence-corrected chi connectivity index (χ0v) is 26.3. The van der Waals surface area contributed by atoms with Crippen molar-refractivity contribution in [1.82, 2.24) is 9.80 Å². The molecule has 2 saturated heterocycles. The number of rotatable bonds is 9. The van der Waals surface area contributed by atoms with Crippen LogP contribution >= 0.6 is 35.6 Å². The number of aryl methyl sites for hydroxylation is 1. The molecule has 0 radical (unpaired) electrons. The molecule has 0 atom stereocenters. The van der Waals surface area contributed by atoms with Crippen molar-refractivity contribution < 1.29 is 9.21 Å². The standard InChI is InChI=1S/C34H41ClN2O2S2/c35-28-10-7-9-24(19-28)29-20-25(8-3-1-4-11-36-12-5-2-6-13-36)30(39-29)21-31-33(38)37(34(40)41-31)32-26-15-22-14-23(17-26)18-27(32)16-22/h7,9-10,19-23,26-27,32H,1-6,8,11-18H2/b31-21-. The molecule has 218 valence electrons. The van der Waals surface area contributed by atoms with Crippen molar-refractivity contribution in [2.24, 2.45) is 23.7 Å². The molecular formula is C34H41ClN2O2S2. The fourth-order valence-electron chi connectivity index (χ4n) is 8.73. The summed E-state index contributed by atoms with van der Waals surface area (Å²) in [5, 5.41) is 0.691. The molecule has 6 fully saturated rings. The van der Waals surface area contributed by atoms with Crippen LogP contribution in [-0.2, 0) is 11.2 Å². The van der Waals surface area contributed by atoms with Crippen LogP contribution in [-0.4, -0.2) is 45.7 Å².